The van der Waals surface area contributed by atoms with Crippen molar-refractivity contribution in [1.29, 1.82) is 0 Å². The van der Waals surface area contributed by atoms with Crippen molar-refractivity contribution in [2.45, 2.75) is 20.0 Å². The van der Waals surface area contributed by atoms with Crippen molar-refractivity contribution in [3.05, 3.63) is 77.4 Å². The maximum atomic E-state index is 3.88. The van der Waals surface area contributed by atoms with Crippen molar-refractivity contribution >= 4 is 6.08 Å². The molecule has 0 N–H and O–H groups in total. The summed E-state index contributed by atoms with van der Waals surface area (Å²) in [4.78, 5) is 2.34. The molecule has 0 aromatic heterocycles. The lowest BCUT2D eigenvalue weighted by Gasteiger charge is -2.19. The van der Waals surface area contributed by atoms with Gasteiger partial charge >= 0.3 is 0 Å². The number of hydrogen-bond acceptors (Lipinski definition) is 1. The molecule has 0 amide bonds. The van der Waals surface area contributed by atoms with Crippen molar-refractivity contribution in [3.8, 4) is 0 Å². The Labute approximate surface area is 116 Å². The zero-order valence-electron chi connectivity index (χ0n) is 11.8. The van der Waals surface area contributed by atoms with Crippen molar-refractivity contribution in [2.75, 3.05) is 7.05 Å². The SMILES string of the molecule is C=Cc1ccccc1CN(C)Cc1ccccc1C. The first-order valence-corrected chi connectivity index (χ1v) is 6.64. The molecule has 1 nitrogen and oxygen atoms in total. The number of nitrogens with zero attached hydrogens (tertiary/aromatic N) is 1. The molecule has 0 radical (unpaired) electrons. The maximum Gasteiger partial charge on any atom is 0.0240 e. The van der Waals surface area contributed by atoms with Gasteiger partial charge in [-0.15, -0.1) is 0 Å². The Kier molecular flexibility index (Phi) is 4.53. The van der Waals surface area contributed by atoms with E-state index in [2.05, 4.69) is 74.0 Å². The molecule has 0 bridgehead atoms. The number of rotatable bonds is 5. The molecule has 1 heteroatoms. The van der Waals surface area contributed by atoms with Crippen LogP contribution in [-0.2, 0) is 13.1 Å². The molecule has 98 valence electrons. The Balaban J connectivity index is 2.07. The monoisotopic (exact) mass is 251 g/mol. The summed E-state index contributed by atoms with van der Waals surface area (Å²) in [7, 11) is 2.16. The van der Waals surface area contributed by atoms with E-state index < -0.39 is 0 Å². The largest absolute Gasteiger partial charge is 0.298 e. The fourth-order valence-corrected chi connectivity index (χ4v) is 2.30. The molecule has 0 saturated heterocycles. The van der Waals surface area contributed by atoms with Crippen LogP contribution in [0.2, 0.25) is 0 Å². The smallest absolute Gasteiger partial charge is 0.0240 e. The molecule has 19 heavy (non-hydrogen) atoms. The van der Waals surface area contributed by atoms with Crippen LogP contribution in [0.4, 0.5) is 0 Å². The summed E-state index contributed by atoms with van der Waals surface area (Å²) in [6, 6.07) is 17.0. The Bertz CT molecular complexity index is 557. The van der Waals surface area contributed by atoms with Crippen LogP contribution in [0.25, 0.3) is 6.08 Å². The normalized spacial score (nSPS) is 10.7. The maximum absolute atomic E-state index is 3.88. The Morgan fingerprint density at radius 2 is 1.53 bits per heavy atom. The van der Waals surface area contributed by atoms with Gasteiger partial charge in [0.15, 0.2) is 0 Å². The standard InChI is InChI=1S/C18H21N/c1-4-16-10-7-8-12-18(16)14-19(3)13-17-11-6-5-9-15(17)2/h4-12H,1,13-14H2,2-3H3. The van der Waals surface area contributed by atoms with Crippen molar-refractivity contribution in [1.82, 2.24) is 4.90 Å². The lowest BCUT2D eigenvalue weighted by atomic mass is 10.1. The average molecular weight is 251 g/mol. The third-order valence-corrected chi connectivity index (χ3v) is 3.42. The lowest BCUT2D eigenvalue weighted by Crippen LogP contribution is -2.18. The van der Waals surface area contributed by atoms with E-state index in [-0.39, 0.29) is 0 Å². The minimum absolute atomic E-state index is 0.941. The minimum Gasteiger partial charge on any atom is -0.298 e. The first-order valence-electron chi connectivity index (χ1n) is 6.64. The summed E-state index contributed by atoms with van der Waals surface area (Å²) in [5, 5.41) is 0. The van der Waals surface area contributed by atoms with Gasteiger partial charge in [-0.25, -0.2) is 0 Å². The predicted molar refractivity (Wildman–Crippen MR) is 82.9 cm³/mol. The quantitative estimate of drug-likeness (QED) is 0.767. The van der Waals surface area contributed by atoms with Crippen molar-refractivity contribution in [3.63, 3.8) is 0 Å². The van der Waals surface area contributed by atoms with E-state index in [4.69, 9.17) is 0 Å². The van der Waals surface area contributed by atoms with E-state index in [1.54, 1.807) is 0 Å². The molecule has 2 aromatic carbocycles. The van der Waals surface area contributed by atoms with Crippen LogP contribution in [0.15, 0.2) is 55.1 Å². The van der Waals surface area contributed by atoms with Crippen LogP contribution in [0.5, 0.6) is 0 Å². The van der Waals surface area contributed by atoms with Gasteiger partial charge in [0.2, 0.25) is 0 Å². The molecule has 0 aliphatic heterocycles. The van der Waals surface area contributed by atoms with E-state index in [1.165, 1.54) is 22.3 Å². The molecule has 0 saturated carbocycles. The van der Waals surface area contributed by atoms with Gasteiger partial charge in [-0.05, 0) is 36.2 Å². The molecule has 2 rings (SSSR count). The molecule has 0 heterocycles. The summed E-state index contributed by atoms with van der Waals surface area (Å²) in [5.41, 5.74) is 5.29. The van der Waals surface area contributed by atoms with Gasteiger partial charge in [0, 0.05) is 13.1 Å². The van der Waals surface area contributed by atoms with E-state index in [0.29, 0.717) is 0 Å². The molecular weight excluding hydrogens is 230 g/mol. The van der Waals surface area contributed by atoms with Crippen LogP contribution >= 0.6 is 0 Å². The fourth-order valence-electron chi connectivity index (χ4n) is 2.30. The summed E-state index contributed by atoms with van der Waals surface area (Å²) in [6.45, 7) is 7.96. The van der Waals surface area contributed by atoms with Crippen molar-refractivity contribution in [2.24, 2.45) is 0 Å². The zero-order valence-corrected chi connectivity index (χ0v) is 11.8. The second-order valence-electron chi connectivity index (χ2n) is 5.00. The molecule has 0 aliphatic rings. The van der Waals surface area contributed by atoms with Crippen LogP contribution in [-0.4, -0.2) is 11.9 Å². The van der Waals surface area contributed by atoms with Gasteiger partial charge in [0.25, 0.3) is 0 Å². The van der Waals surface area contributed by atoms with E-state index in [0.717, 1.165) is 13.1 Å². The number of hydrogen-bond donors (Lipinski definition) is 0. The van der Waals surface area contributed by atoms with Crippen LogP contribution in [0, 0.1) is 6.92 Å². The summed E-state index contributed by atoms with van der Waals surface area (Å²) >= 11 is 0. The molecule has 0 atom stereocenters. The Hall–Kier alpha value is -1.86. The zero-order chi connectivity index (χ0) is 13.7. The Morgan fingerprint density at radius 1 is 0.947 bits per heavy atom. The summed E-state index contributed by atoms with van der Waals surface area (Å²) in [5.74, 6) is 0. The average Bonchev–Trinajstić information content (AvgIpc) is 2.42. The van der Waals surface area contributed by atoms with Gasteiger partial charge < -0.3 is 0 Å². The first-order chi connectivity index (χ1) is 9.20. The van der Waals surface area contributed by atoms with Crippen molar-refractivity contribution < 1.29 is 0 Å². The molecule has 2 aromatic rings. The van der Waals surface area contributed by atoms with Crippen LogP contribution < -0.4 is 0 Å². The van der Waals surface area contributed by atoms with E-state index >= 15 is 0 Å². The molecule has 0 unspecified atom stereocenters. The highest BCUT2D eigenvalue weighted by Gasteiger charge is 2.05. The molecule has 0 spiro atoms. The highest BCUT2D eigenvalue weighted by molar-refractivity contribution is 5.51. The van der Waals surface area contributed by atoms with E-state index in [1.807, 2.05) is 6.08 Å². The predicted octanol–water partition coefficient (Wildman–Crippen LogP) is 4.27. The van der Waals surface area contributed by atoms with Gasteiger partial charge in [0.1, 0.15) is 0 Å². The second-order valence-corrected chi connectivity index (χ2v) is 5.00. The topological polar surface area (TPSA) is 3.24 Å². The van der Waals surface area contributed by atoms with Gasteiger partial charge in [-0.1, -0.05) is 61.2 Å². The summed E-state index contributed by atoms with van der Waals surface area (Å²) < 4.78 is 0. The summed E-state index contributed by atoms with van der Waals surface area (Å²) in [6.07, 6.45) is 1.93. The van der Waals surface area contributed by atoms with Crippen LogP contribution in [0.1, 0.15) is 22.3 Å². The molecule has 0 aliphatic carbocycles. The number of aryl methyl sites for hydroxylation is 1. The number of benzene rings is 2. The second kappa shape index (κ2) is 6.35. The van der Waals surface area contributed by atoms with Gasteiger partial charge in [-0.3, -0.25) is 4.90 Å². The third-order valence-electron chi connectivity index (χ3n) is 3.42. The fraction of sp³-hybridized carbons (Fsp3) is 0.222. The minimum atomic E-state index is 0.941. The highest BCUT2D eigenvalue weighted by Crippen LogP contribution is 2.15. The Morgan fingerprint density at radius 3 is 2.21 bits per heavy atom. The third kappa shape index (κ3) is 3.55. The highest BCUT2D eigenvalue weighted by atomic mass is 15.1. The lowest BCUT2D eigenvalue weighted by molar-refractivity contribution is 0.318. The molecular formula is C18H21N. The van der Waals surface area contributed by atoms with Gasteiger partial charge in [0.05, 0.1) is 0 Å². The van der Waals surface area contributed by atoms with Crippen LogP contribution in [0.3, 0.4) is 0 Å². The van der Waals surface area contributed by atoms with Gasteiger partial charge in [-0.2, -0.15) is 0 Å². The van der Waals surface area contributed by atoms with E-state index in [9.17, 15) is 0 Å². The molecule has 0 fully saturated rings. The first kappa shape index (κ1) is 13.6.